The molecule has 1 aliphatic rings. The average Bonchev–Trinajstić information content (AvgIpc) is 3.00. The van der Waals surface area contributed by atoms with E-state index in [1.54, 1.807) is 0 Å². The van der Waals surface area contributed by atoms with Crippen LogP contribution in [0.3, 0.4) is 0 Å². The summed E-state index contributed by atoms with van der Waals surface area (Å²) in [5.74, 6) is -1.13. The van der Waals surface area contributed by atoms with Gasteiger partial charge in [-0.15, -0.1) is 0 Å². The van der Waals surface area contributed by atoms with Crippen LogP contribution in [0.25, 0.3) is 0 Å². The largest absolute Gasteiger partial charge is 0.480 e. The molecule has 0 amide bonds. The number of ether oxygens (including phenoxy) is 1. The number of carbonyl (C=O) groups excluding carboxylic acids is 1. The molecule has 0 aromatic heterocycles. The van der Waals surface area contributed by atoms with Gasteiger partial charge in [0.15, 0.2) is 0 Å². The van der Waals surface area contributed by atoms with Gasteiger partial charge < -0.3 is 9.84 Å². The molecule has 0 saturated heterocycles. The molecule has 0 radical (unpaired) electrons. The highest BCUT2D eigenvalue weighted by atomic mass is 16.5. The van der Waals surface area contributed by atoms with E-state index < -0.39 is 24.0 Å². The van der Waals surface area contributed by atoms with Gasteiger partial charge in [-0.25, -0.2) is 0 Å². The van der Waals surface area contributed by atoms with E-state index in [9.17, 15) is 9.59 Å². The number of carbonyl (C=O) groups is 2. The summed E-state index contributed by atoms with van der Waals surface area (Å²) < 4.78 is 4.66. The number of hydrogen-bond donors (Lipinski definition) is 2. The van der Waals surface area contributed by atoms with Crippen LogP contribution in [0.2, 0.25) is 0 Å². The number of rotatable bonds is 6. The minimum Gasteiger partial charge on any atom is -0.480 e. The summed E-state index contributed by atoms with van der Waals surface area (Å²) in [6.07, 6.45) is 1.83. The van der Waals surface area contributed by atoms with E-state index >= 15 is 0 Å². The Hall–Kier alpha value is -1.10. The second-order valence-corrected chi connectivity index (χ2v) is 4.56. The van der Waals surface area contributed by atoms with Crippen molar-refractivity contribution in [1.82, 2.24) is 5.32 Å². The first-order chi connectivity index (χ1) is 7.47. The highest BCUT2D eigenvalue weighted by molar-refractivity contribution is 5.79. The molecule has 2 unspecified atom stereocenters. The summed E-state index contributed by atoms with van der Waals surface area (Å²) in [5.41, 5.74) is 0. The minimum absolute atomic E-state index is 0.00745. The van der Waals surface area contributed by atoms with E-state index in [2.05, 4.69) is 10.1 Å². The van der Waals surface area contributed by atoms with Gasteiger partial charge in [0.25, 0.3) is 0 Å². The molecule has 0 aromatic rings. The van der Waals surface area contributed by atoms with E-state index in [4.69, 9.17) is 5.11 Å². The number of carboxylic acids is 1. The number of carboxylic acid groups (broad SMARTS) is 1. The fraction of sp³-hybridized carbons (Fsp3) is 0.818. The molecule has 2 atom stereocenters. The Morgan fingerprint density at radius 3 is 2.25 bits per heavy atom. The van der Waals surface area contributed by atoms with E-state index in [1.807, 2.05) is 13.8 Å². The highest BCUT2D eigenvalue weighted by Gasteiger charge is 2.39. The molecule has 5 heteroatoms. The number of nitrogens with one attached hydrogen (secondary N) is 1. The average molecular weight is 229 g/mol. The Bertz CT molecular complexity index is 273. The van der Waals surface area contributed by atoms with Crippen LogP contribution in [0.4, 0.5) is 0 Å². The predicted molar refractivity (Wildman–Crippen MR) is 57.9 cm³/mol. The van der Waals surface area contributed by atoms with Crippen molar-refractivity contribution < 1.29 is 19.4 Å². The lowest BCUT2D eigenvalue weighted by molar-refractivity contribution is -0.146. The lowest BCUT2D eigenvalue weighted by Crippen LogP contribution is -2.51. The summed E-state index contributed by atoms with van der Waals surface area (Å²) in [6.45, 7) is 3.72. The fourth-order valence-electron chi connectivity index (χ4n) is 1.69. The normalized spacial score (nSPS) is 19.2. The summed E-state index contributed by atoms with van der Waals surface area (Å²) in [4.78, 5) is 22.5. The van der Waals surface area contributed by atoms with Crippen molar-refractivity contribution >= 4 is 11.9 Å². The maximum Gasteiger partial charge on any atom is 0.323 e. The van der Waals surface area contributed by atoms with Crippen LogP contribution in [0.15, 0.2) is 0 Å². The zero-order chi connectivity index (χ0) is 12.3. The number of hydrogen-bond acceptors (Lipinski definition) is 4. The van der Waals surface area contributed by atoms with E-state index in [0.29, 0.717) is 0 Å². The van der Waals surface area contributed by atoms with Crippen LogP contribution in [0.5, 0.6) is 0 Å². The van der Waals surface area contributed by atoms with Gasteiger partial charge in [0.1, 0.15) is 12.1 Å². The SMILES string of the molecule is COC(=O)C(NC(C(=O)O)C1CC1)C(C)C. The van der Waals surface area contributed by atoms with Crippen molar-refractivity contribution in [3.63, 3.8) is 0 Å². The first-order valence-electron chi connectivity index (χ1n) is 5.54. The molecule has 16 heavy (non-hydrogen) atoms. The maximum absolute atomic E-state index is 11.5. The number of aliphatic carboxylic acids is 1. The van der Waals surface area contributed by atoms with Crippen molar-refractivity contribution in [3.05, 3.63) is 0 Å². The predicted octanol–water partition coefficient (Wildman–Crippen LogP) is 0.637. The minimum atomic E-state index is -0.892. The van der Waals surface area contributed by atoms with Crippen LogP contribution < -0.4 is 5.32 Å². The number of methoxy groups -OCH3 is 1. The van der Waals surface area contributed by atoms with Crippen LogP contribution >= 0.6 is 0 Å². The maximum atomic E-state index is 11.5. The molecular formula is C11H19NO4. The smallest absolute Gasteiger partial charge is 0.323 e. The zero-order valence-corrected chi connectivity index (χ0v) is 9.90. The second-order valence-electron chi connectivity index (χ2n) is 4.56. The van der Waals surface area contributed by atoms with Crippen molar-refractivity contribution in [1.29, 1.82) is 0 Å². The third-order valence-electron chi connectivity index (χ3n) is 2.84. The highest BCUT2D eigenvalue weighted by Crippen LogP contribution is 2.33. The molecule has 0 spiro atoms. The van der Waals surface area contributed by atoms with Gasteiger partial charge in [0, 0.05) is 0 Å². The van der Waals surface area contributed by atoms with Gasteiger partial charge >= 0.3 is 11.9 Å². The Balaban J connectivity index is 2.64. The molecule has 0 aliphatic heterocycles. The lowest BCUT2D eigenvalue weighted by atomic mass is 10.0. The number of esters is 1. The van der Waals surface area contributed by atoms with Gasteiger partial charge in [0.2, 0.25) is 0 Å². The Morgan fingerprint density at radius 2 is 1.94 bits per heavy atom. The first kappa shape index (κ1) is 13.0. The Morgan fingerprint density at radius 1 is 1.38 bits per heavy atom. The standard InChI is InChI=1S/C11H19NO4/c1-6(2)8(11(15)16-3)12-9(10(13)14)7-4-5-7/h6-9,12H,4-5H2,1-3H3,(H,13,14). The van der Waals surface area contributed by atoms with Gasteiger partial charge in [-0.1, -0.05) is 13.8 Å². The quantitative estimate of drug-likeness (QED) is 0.654. The molecule has 1 rings (SSSR count). The van der Waals surface area contributed by atoms with E-state index in [1.165, 1.54) is 7.11 Å². The van der Waals surface area contributed by atoms with Crippen LogP contribution in [0, 0.1) is 11.8 Å². The topological polar surface area (TPSA) is 75.6 Å². The first-order valence-corrected chi connectivity index (χ1v) is 5.54. The molecule has 92 valence electrons. The van der Waals surface area contributed by atoms with Gasteiger partial charge in [0.05, 0.1) is 7.11 Å². The monoisotopic (exact) mass is 229 g/mol. The van der Waals surface area contributed by atoms with E-state index in [0.717, 1.165) is 12.8 Å². The van der Waals surface area contributed by atoms with Crippen molar-refractivity contribution in [3.8, 4) is 0 Å². The van der Waals surface area contributed by atoms with Crippen LogP contribution in [-0.2, 0) is 14.3 Å². The molecule has 1 saturated carbocycles. The fourth-order valence-corrected chi connectivity index (χ4v) is 1.69. The van der Waals surface area contributed by atoms with E-state index in [-0.39, 0.29) is 11.8 Å². The lowest BCUT2D eigenvalue weighted by Gasteiger charge is -2.24. The van der Waals surface area contributed by atoms with Crippen molar-refractivity contribution in [2.75, 3.05) is 7.11 Å². The molecule has 0 aromatic carbocycles. The van der Waals surface area contributed by atoms with Crippen molar-refractivity contribution in [2.45, 2.75) is 38.8 Å². The molecule has 0 bridgehead atoms. The summed E-state index contributed by atoms with van der Waals surface area (Å²) in [7, 11) is 1.31. The zero-order valence-electron chi connectivity index (χ0n) is 9.90. The molecule has 2 N–H and O–H groups in total. The molecular weight excluding hydrogens is 210 g/mol. The van der Waals surface area contributed by atoms with Gasteiger partial charge in [-0.05, 0) is 24.7 Å². The Labute approximate surface area is 95.2 Å². The third-order valence-corrected chi connectivity index (χ3v) is 2.84. The summed E-state index contributed by atoms with van der Waals surface area (Å²) in [5, 5.41) is 11.9. The second kappa shape index (κ2) is 5.30. The Kier molecular flexibility index (Phi) is 4.29. The molecule has 5 nitrogen and oxygen atoms in total. The summed E-state index contributed by atoms with van der Waals surface area (Å²) >= 11 is 0. The van der Waals surface area contributed by atoms with Gasteiger partial charge in [-0.2, -0.15) is 0 Å². The molecule has 1 fully saturated rings. The van der Waals surface area contributed by atoms with Gasteiger partial charge in [-0.3, -0.25) is 14.9 Å². The van der Waals surface area contributed by atoms with Crippen molar-refractivity contribution in [2.24, 2.45) is 11.8 Å². The molecule has 0 heterocycles. The third kappa shape index (κ3) is 3.20. The molecule has 1 aliphatic carbocycles. The van der Waals surface area contributed by atoms with Crippen LogP contribution in [0.1, 0.15) is 26.7 Å². The van der Waals surface area contributed by atoms with Crippen LogP contribution in [-0.4, -0.2) is 36.2 Å². The summed E-state index contributed by atoms with van der Waals surface area (Å²) in [6, 6.07) is -1.18.